The van der Waals surface area contributed by atoms with Crippen molar-refractivity contribution in [3.05, 3.63) is 59.1 Å². The molecule has 0 fully saturated rings. The zero-order valence-corrected chi connectivity index (χ0v) is 17.3. The summed E-state index contributed by atoms with van der Waals surface area (Å²) in [4.78, 5) is 8.32. The molecule has 2 aromatic heterocycles. The Labute approximate surface area is 176 Å². The number of anilines is 1. The molecule has 0 saturated carbocycles. The van der Waals surface area contributed by atoms with E-state index in [0.29, 0.717) is 17.0 Å². The average molecular weight is 448 g/mol. The van der Waals surface area contributed by atoms with Crippen molar-refractivity contribution in [2.45, 2.75) is 11.8 Å². The van der Waals surface area contributed by atoms with Crippen LogP contribution in [0.5, 0.6) is 5.75 Å². The molecule has 8 nitrogen and oxygen atoms in total. The number of rotatable bonds is 5. The predicted octanol–water partition coefficient (Wildman–Crippen LogP) is 3.93. The van der Waals surface area contributed by atoms with Gasteiger partial charge in [-0.25, -0.2) is 22.8 Å². The van der Waals surface area contributed by atoms with Gasteiger partial charge in [-0.1, -0.05) is 11.6 Å². The second-order valence-electron chi connectivity index (χ2n) is 6.36. The summed E-state index contributed by atoms with van der Waals surface area (Å²) in [7, 11) is -2.75. The number of aromatic nitrogens is 4. The molecule has 11 heteroatoms. The molecule has 30 heavy (non-hydrogen) atoms. The molecule has 2 N–H and O–H groups in total. The van der Waals surface area contributed by atoms with Gasteiger partial charge in [-0.3, -0.25) is 9.82 Å². The van der Waals surface area contributed by atoms with Crippen molar-refractivity contribution in [3.63, 3.8) is 0 Å². The molecule has 0 aliphatic rings. The topological polar surface area (TPSA) is 110 Å². The van der Waals surface area contributed by atoms with Gasteiger partial charge in [0.05, 0.1) is 28.9 Å². The van der Waals surface area contributed by atoms with Gasteiger partial charge < -0.3 is 4.74 Å². The van der Waals surface area contributed by atoms with Gasteiger partial charge in [-0.05, 0) is 37.3 Å². The number of hydrogen-bond donors (Lipinski definition) is 2. The minimum absolute atomic E-state index is 0.0168. The highest BCUT2D eigenvalue weighted by molar-refractivity contribution is 7.92. The monoisotopic (exact) mass is 447 g/mol. The van der Waals surface area contributed by atoms with E-state index in [1.165, 1.54) is 37.4 Å². The van der Waals surface area contributed by atoms with Crippen LogP contribution < -0.4 is 9.46 Å². The predicted molar refractivity (Wildman–Crippen MR) is 111 cm³/mol. The van der Waals surface area contributed by atoms with Crippen molar-refractivity contribution in [3.8, 4) is 17.1 Å². The van der Waals surface area contributed by atoms with Crippen molar-refractivity contribution in [1.29, 1.82) is 0 Å². The zero-order valence-electron chi connectivity index (χ0n) is 15.8. The van der Waals surface area contributed by atoms with E-state index >= 15 is 0 Å². The largest absolute Gasteiger partial charge is 0.497 e. The van der Waals surface area contributed by atoms with Gasteiger partial charge in [0.25, 0.3) is 10.0 Å². The van der Waals surface area contributed by atoms with Crippen LogP contribution in [0.15, 0.2) is 47.5 Å². The van der Waals surface area contributed by atoms with Gasteiger partial charge in [-0.2, -0.15) is 5.10 Å². The Bertz CT molecular complexity index is 1370. The highest BCUT2D eigenvalue weighted by Gasteiger charge is 2.21. The summed E-state index contributed by atoms with van der Waals surface area (Å²) >= 11 is 6.01. The molecule has 154 valence electrons. The number of sulfonamides is 1. The molecule has 2 heterocycles. The highest BCUT2D eigenvalue weighted by atomic mass is 35.5. The summed E-state index contributed by atoms with van der Waals surface area (Å²) in [5.41, 5.74) is 1.42. The third-order valence-electron chi connectivity index (χ3n) is 4.41. The van der Waals surface area contributed by atoms with Gasteiger partial charge in [0.1, 0.15) is 16.5 Å². The van der Waals surface area contributed by atoms with Crippen LogP contribution in [-0.4, -0.2) is 35.7 Å². The van der Waals surface area contributed by atoms with Crippen molar-refractivity contribution >= 4 is 38.3 Å². The molecule has 0 amide bonds. The number of aryl methyl sites for hydroxylation is 1. The van der Waals surface area contributed by atoms with E-state index in [2.05, 4.69) is 24.9 Å². The lowest BCUT2D eigenvalue weighted by atomic mass is 10.2. The quantitative estimate of drug-likeness (QED) is 0.479. The minimum atomic E-state index is -4.15. The van der Waals surface area contributed by atoms with E-state index in [4.69, 9.17) is 16.3 Å². The van der Waals surface area contributed by atoms with Crippen molar-refractivity contribution < 1.29 is 17.5 Å². The van der Waals surface area contributed by atoms with Crippen LogP contribution in [-0.2, 0) is 10.0 Å². The Kier molecular flexibility index (Phi) is 5.04. The fourth-order valence-electron chi connectivity index (χ4n) is 2.82. The molecule has 0 unspecified atom stereocenters. The number of benzene rings is 2. The standard InChI is InChI=1S/C19H15ClFN5O3S/c1-10-13-9-22-18(23-19(13)25-24-10)11-3-6-16(15(21)7-11)26-30(27,28)17-8-12(29-2)4-5-14(17)20/h3-9,26H,1-2H3,(H,22,23,24,25). The second-order valence-corrected chi connectivity index (χ2v) is 8.42. The fourth-order valence-corrected chi connectivity index (χ4v) is 4.40. The maximum Gasteiger partial charge on any atom is 0.263 e. The second kappa shape index (κ2) is 7.54. The zero-order chi connectivity index (χ0) is 21.5. The van der Waals surface area contributed by atoms with Crippen molar-refractivity contribution in [1.82, 2.24) is 20.2 Å². The molecule has 0 aliphatic heterocycles. The van der Waals surface area contributed by atoms with Crippen LogP contribution in [0.3, 0.4) is 0 Å². The Morgan fingerprint density at radius 1 is 1.20 bits per heavy atom. The molecule has 4 rings (SSSR count). The maximum atomic E-state index is 14.7. The molecule has 0 spiro atoms. The third-order valence-corrected chi connectivity index (χ3v) is 6.25. The first kappa shape index (κ1) is 20.0. The number of nitrogens with zero attached hydrogens (tertiary/aromatic N) is 3. The van der Waals surface area contributed by atoms with E-state index in [0.717, 1.165) is 17.1 Å². The van der Waals surface area contributed by atoms with Gasteiger partial charge in [0, 0.05) is 17.8 Å². The summed E-state index contributed by atoms with van der Waals surface area (Å²) in [6.07, 6.45) is 1.59. The van der Waals surface area contributed by atoms with Crippen molar-refractivity contribution in [2.75, 3.05) is 11.8 Å². The van der Waals surface area contributed by atoms with Gasteiger partial charge >= 0.3 is 0 Å². The molecule has 0 bridgehead atoms. The highest BCUT2D eigenvalue weighted by Crippen LogP contribution is 2.30. The number of fused-ring (bicyclic) bond motifs is 1. The molecule has 4 aromatic rings. The summed E-state index contributed by atoms with van der Waals surface area (Å²) in [6.45, 7) is 1.82. The lowest BCUT2D eigenvalue weighted by molar-refractivity contribution is 0.413. The molecule has 0 radical (unpaired) electrons. The molecular weight excluding hydrogens is 433 g/mol. The summed E-state index contributed by atoms with van der Waals surface area (Å²) in [5, 5.41) is 7.58. The Hall–Kier alpha value is -3.24. The van der Waals surface area contributed by atoms with E-state index in [-0.39, 0.29) is 21.4 Å². The number of H-pyrrole nitrogens is 1. The number of ether oxygens (including phenoxy) is 1. The number of hydrogen-bond acceptors (Lipinski definition) is 6. The average Bonchev–Trinajstić information content (AvgIpc) is 3.10. The van der Waals surface area contributed by atoms with Crippen LogP contribution in [0.1, 0.15) is 5.69 Å². The normalized spacial score (nSPS) is 11.6. The lowest BCUT2D eigenvalue weighted by Gasteiger charge is -2.12. The minimum Gasteiger partial charge on any atom is -0.497 e. The number of methoxy groups -OCH3 is 1. The SMILES string of the molecule is COc1ccc(Cl)c(S(=O)(=O)Nc2ccc(-c3ncc4c(C)n[nH]c4n3)cc2F)c1. The molecule has 0 aliphatic carbocycles. The molecule has 0 atom stereocenters. The van der Waals surface area contributed by atoms with Gasteiger partial charge in [0.15, 0.2) is 11.5 Å². The van der Waals surface area contributed by atoms with E-state index in [1.807, 2.05) is 6.92 Å². The summed E-state index contributed by atoms with van der Waals surface area (Å²) in [6, 6.07) is 8.12. The van der Waals surface area contributed by atoms with Crippen molar-refractivity contribution in [2.24, 2.45) is 0 Å². The molecule has 2 aromatic carbocycles. The van der Waals surface area contributed by atoms with E-state index < -0.39 is 15.8 Å². The van der Waals surface area contributed by atoms with Gasteiger partial charge in [0.2, 0.25) is 0 Å². The number of halogens is 2. The first-order valence-electron chi connectivity index (χ1n) is 8.62. The molecular formula is C19H15ClFN5O3S. The summed E-state index contributed by atoms with van der Waals surface area (Å²) < 4.78 is 47.3. The maximum absolute atomic E-state index is 14.7. The third kappa shape index (κ3) is 3.66. The Balaban J connectivity index is 1.66. The Morgan fingerprint density at radius 3 is 2.73 bits per heavy atom. The van der Waals surface area contributed by atoms with Crippen LogP contribution in [0.2, 0.25) is 5.02 Å². The number of aromatic amines is 1. The van der Waals surface area contributed by atoms with Crippen LogP contribution >= 0.6 is 11.6 Å². The van der Waals surface area contributed by atoms with Gasteiger partial charge in [-0.15, -0.1) is 0 Å². The smallest absolute Gasteiger partial charge is 0.263 e. The fraction of sp³-hybridized carbons (Fsp3) is 0.105. The first-order chi connectivity index (χ1) is 14.3. The molecule has 0 saturated heterocycles. The van der Waals surface area contributed by atoms with Crippen LogP contribution in [0.4, 0.5) is 10.1 Å². The lowest BCUT2D eigenvalue weighted by Crippen LogP contribution is -2.14. The van der Waals surface area contributed by atoms with Crippen LogP contribution in [0.25, 0.3) is 22.4 Å². The van der Waals surface area contributed by atoms with E-state index in [9.17, 15) is 12.8 Å². The Morgan fingerprint density at radius 2 is 2.00 bits per heavy atom. The first-order valence-corrected chi connectivity index (χ1v) is 10.5. The van der Waals surface area contributed by atoms with E-state index in [1.54, 1.807) is 6.20 Å². The van der Waals surface area contributed by atoms with Crippen LogP contribution in [0, 0.1) is 12.7 Å². The number of nitrogens with one attached hydrogen (secondary N) is 2. The summed E-state index contributed by atoms with van der Waals surface area (Å²) in [5.74, 6) is -0.216.